The molecule has 0 saturated heterocycles. The topological polar surface area (TPSA) is 102 Å². The van der Waals surface area contributed by atoms with Crippen LogP contribution in [-0.2, 0) is 25.5 Å². The van der Waals surface area contributed by atoms with E-state index in [1.165, 1.54) is 0 Å². The lowest BCUT2D eigenvalue weighted by Crippen LogP contribution is -2.43. The molecule has 3 aromatic carbocycles. The first-order valence-corrected chi connectivity index (χ1v) is 12.1. The summed E-state index contributed by atoms with van der Waals surface area (Å²) < 4.78 is 11.0. The smallest absolute Gasteiger partial charge is 0.407 e. The molecule has 0 fully saturated rings. The van der Waals surface area contributed by atoms with E-state index in [4.69, 9.17) is 9.47 Å². The largest absolute Gasteiger partial charge is 0.480 e. The monoisotopic (exact) mass is 485 g/mol. The molecule has 0 aromatic heterocycles. The van der Waals surface area contributed by atoms with Crippen LogP contribution in [0.4, 0.5) is 4.79 Å². The van der Waals surface area contributed by atoms with Crippen molar-refractivity contribution in [3.8, 4) is 11.1 Å². The minimum Gasteiger partial charge on any atom is -0.480 e. The molecule has 0 bridgehead atoms. The van der Waals surface area contributed by atoms with Gasteiger partial charge in [0.15, 0.2) is 0 Å². The van der Waals surface area contributed by atoms with E-state index in [0.29, 0.717) is 6.42 Å². The number of ether oxygens (including phenoxy) is 2. The quantitative estimate of drug-likeness (QED) is 0.457. The van der Waals surface area contributed by atoms with Crippen LogP contribution >= 0.6 is 0 Å². The molecule has 1 amide bonds. The molecule has 0 radical (unpaired) electrons. The van der Waals surface area contributed by atoms with Crippen LogP contribution in [0.5, 0.6) is 0 Å². The van der Waals surface area contributed by atoms with Crippen LogP contribution in [0.15, 0.2) is 72.8 Å². The highest BCUT2D eigenvalue weighted by molar-refractivity contribution is 5.85. The maximum atomic E-state index is 12.6. The summed E-state index contributed by atoms with van der Waals surface area (Å²) in [7, 11) is 0. The number of carbonyl (C=O) groups is 3. The first-order chi connectivity index (χ1) is 17.5. The summed E-state index contributed by atoms with van der Waals surface area (Å²) in [6.07, 6.45) is 0.700. The number of nitrogens with one attached hydrogen (secondary N) is 1. The Morgan fingerprint density at radius 1 is 0.889 bits per heavy atom. The average Bonchev–Trinajstić information content (AvgIpc) is 3.21. The lowest BCUT2D eigenvalue weighted by Gasteiger charge is -2.26. The number of carboxylic acids is 1. The summed E-state index contributed by atoms with van der Waals surface area (Å²) in [6.45, 7) is 0.0511. The molecule has 3 aromatic rings. The highest BCUT2D eigenvalue weighted by atomic mass is 16.6. The average molecular weight is 486 g/mol. The third kappa shape index (κ3) is 4.82. The summed E-state index contributed by atoms with van der Waals surface area (Å²) in [5, 5.41) is 11.9. The van der Waals surface area contributed by atoms with Gasteiger partial charge in [0.1, 0.15) is 18.8 Å². The first kappa shape index (κ1) is 23.6. The van der Waals surface area contributed by atoms with Crippen LogP contribution in [0.3, 0.4) is 0 Å². The van der Waals surface area contributed by atoms with E-state index in [1.807, 2.05) is 72.8 Å². The first-order valence-electron chi connectivity index (χ1n) is 12.1. The zero-order chi connectivity index (χ0) is 25.1. The number of hydrogen-bond donors (Lipinski definition) is 2. The van der Waals surface area contributed by atoms with Gasteiger partial charge in [-0.3, -0.25) is 4.79 Å². The number of fused-ring (bicyclic) bond motifs is 4. The van der Waals surface area contributed by atoms with E-state index in [-0.39, 0.29) is 12.5 Å². The predicted octanol–water partition coefficient (Wildman–Crippen LogP) is 4.99. The highest BCUT2D eigenvalue weighted by Gasteiger charge is 2.31. The summed E-state index contributed by atoms with van der Waals surface area (Å²) >= 11 is 0. The minimum absolute atomic E-state index is 0.0511. The molecule has 36 heavy (non-hydrogen) atoms. The number of aryl methyl sites for hydroxylation is 1. The van der Waals surface area contributed by atoms with Crippen molar-refractivity contribution >= 4 is 18.0 Å². The van der Waals surface area contributed by atoms with Crippen LogP contribution in [0.1, 0.15) is 53.5 Å². The fourth-order valence-corrected chi connectivity index (χ4v) is 5.19. The number of esters is 1. The SMILES string of the molecule is O=C(C[C@@H](NC(=O)OCC1c2ccccc2-c2ccccc21)C(=O)O)OC1CCCc2ccccc21. The second kappa shape index (κ2) is 10.2. The number of amides is 1. The van der Waals surface area contributed by atoms with E-state index >= 15 is 0 Å². The van der Waals surface area contributed by atoms with Crippen molar-refractivity contribution in [2.75, 3.05) is 6.61 Å². The summed E-state index contributed by atoms with van der Waals surface area (Å²) in [6, 6.07) is 22.2. The number of carboxylic acid groups (broad SMARTS) is 1. The van der Waals surface area contributed by atoms with E-state index in [9.17, 15) is 19.5 Å². The van der Waals surface area contributed by atoms with Gasteiger partial charge in [0.25, 0.3) is 0 Å². The number of hydrogen-bond acceptors (Lipinski definition) is 5. The van der Waals surface area contributed by atoms with E-state index in [1.54, 1.807) is 0 Å². The maximum absolute atomic E-state index is 12.6. The Kier molecular flexibility index (Phi) is 6.71. The van der Waals surface area contributed by atoms with Crippen LogP contribution in [0.25, 0.3) is 11.1 Å². The second-order valence-electron chi connectivity index (χ2n) is 9.13. The van der Waals surface area contributed by atoms with Gasteiger partial charge in [-0.25, -0.2) is 9.59 Å². The molecule has 2 aliphatic rings. The van der Waals surface area contributed by atoms with Gasteiger partial charge in [0, 0.05) is 5.92 Å². The van der Waals surface area contributed by atoms with Crippen molar-refractivity contribution in [2.24, 2.45) is 0 Å². The predicted molar refractivity (Wildman–Crippen MR) is 132 cm³/mol. The van der Waals surface area contributed by atoms with Gasteiger partial charge >= 0.3 is 18.0 Å². The van der Waals surface area contributed by atoms with Gasteiger partial charge in [0.05, 0.1) is 6.42 Å². The third-order valence-electron chi connectivity index (χ3n) is 6.89. The normalized spacial score (nSPS) is 16.7. The maximum Gasteiger partial charge on any atom is 0.407 e. The fraction of sp³-hybridized carbons (Fsp3) is 0.276. The standard InChI is InChI=1S/C29H27NO6/c31-27(36-26-15-7-9-18-8-1-2-10-19(18)26)16-25(28(32)33)30-29(34)35-17-24-22-13-5-3-11-20(22)21-12-4-6-14-23(21)24/h1-6,8,10-14,24-26H,7,9,15-17H2,(H,30,34)(H,32,33)/t25-,26?/m1/s1. The van der Waals surface area contributed by atoms with Crippen molar-refractivity contribution in [1.82, 2.24) is 5.32 Å². The molecule has 0 saturated carbocycles. The Hall–Kier alpha value is -4.13. The van der Waals surface area contributed by atoms with Gasteiger partial charge in [-0.1, -0.05) is 72.8 Å². The Bertz CT molecular complexity index is 1260. The van der Waals surface area contributed by atoms with Crippen molar-refractivity contribution in [1.29, 1.82) is 0 Å². The van der Waals surface area contributed by atoms with Crippen molar-refractivity contribution in [3.63, 3.8) is 0 Å². The third-order valence-corrected chi connectivity index (χ3v) is 6.89. The molecular weight excluding hydrogens is 458 g/mol. The van der Waals surface area contributed by atoms with Crippen molar-refractivity contribution < 1.29 is 29.0 Å². The van der Waals surface area contributed by atoms with Gasteiger partial charge in [-0.2, -0.15) is 0 Å². The zero-order valence-corrected chi connectivity index (χ0v) is 19.7. The molecule has 2 N–H and O–H groups in total. The minimum atomic E-state index is -1.45. The Balaban J connectivity index is 1.19. The molecule has 0 heterocycles. The molecule has 0 spiro atoms. The number of alkyl carbamates (subject to hydrolysis) is 1. The number of carbonyl (C=O) groups excluding carboxylic acids is 2. The Labute approximate surface area is 209 Å². The number of rotatable bonds is 7. The van der Waals surface area contributed by atoms with Crippen LogP contribution in [0.2, 0.25) is 0 Å². The van der Waals surface area contributed by atoms with Crippen molar-refractivity contribution in [2.45, 2.75) is 43.7 Å². The van der Waals surface area contributed by atoms with Gasteiger partial charge in [-0.15, -0.1) is 0 Å². The fourth-order valence-electron chi connectivity index (χ4n) is 5.19. The molecule has 7 nitrogen and oxygen atoms in total. The van der Waals surface area contributed by atoms with Gasteiger partial charge in [0.2, 0.25) is 0 Å². The summed E-state index contributed by atoms with van der Waals surface area (Å²) in [5.74, 6) is -2.16. The zero-order valence-electron chi connectivity index (χ0n) is 19.7. The molecule has 2 atom stereocenters. The molecule has 1 unspecified atom stereocenters. The molecule has 184 valence electrons. The Morgan fingerprint density at radius 2 is 1.50 bits per heavy atom. The van der Waals surface area contributed by atoms with Crippen LogP contribution < -0.4 is 5.32 Å². The lowest BCUT2D eigenvalue weighted by molar-refractivity contribution is -0.154. The molecular formula is C29H27NO6. The summed E-state index contributed by atoms with van der Waals surface area (Å²) in [4.78, 5) is 36.9. The second-order valence-corrected chi connectivity index (χ2v) is 9.13. The van der Waals surface area contributed by atoms with E-state index < -0.39 is 36.6 Å². The molecule has 7 heteroatoms. The van der Waals surface area contributed by atoms with Crippen molar-refractivity contribution in [3.05, 3.63) is 95.1 Å². The molecule has 5 rings (SSSR count). The van der Waals surface area contributed by atoms with Crippen LogP contribution in [-0.4, -0.2) is 35.8 Å². The number of aliphatic carboxylic acids is 1. The van der Waals surface area contributed by atoms with Gasteiger partial charge < -0.3 is 19.9 Å². The van der Waals surface area contributed by atoms with Gasteiger partial charge in [-0.05, 0) is 52.6 Å². The number of benzene rings is 3. The molecule has 2 aliphatic carbocycles. The van der Waals surface area contributed by atoms with Crippen LogP contribution in [0, 0.1) is 0 Å². The Morgan fingerprint density at radius 3 is 2.17 bits per heavy atom. The summed E-state index contributed by atoms with van der Waals surface area (Å²) in [5.41, 5.74) is 6.38. The van der Waals surface area contributed by atoms with E-state index in [0.717, 1.165) is 46.2 Å². The molecule has 0 aliphatic heterocycles. The lowest BCUT2D eigenvalue weighted by atomic mass is 9.89. The highest BCUT2D eigenvalue weighted by Crippen LogP contribution is 2.44. The van der Waals surface area contributed by atoms with E-state index in [2.05, 4.69) is 5.32 Å².